The summed E-state index contributed by atoms with van der Waals surface area (Å²) in [6.45, 7) is 2.50. The number of rotatable bonds is 8. The highest BCUT2D eigenvalue weighted by atomic mass is 32.2. The molecule has 0 saturated heterocycles. The zero-order valence-corrected chi connectivity index (χ0v) is 19.9. The number of hydrogen-bond acceptors (Lipinski definition) is 6. The van der Waals surface area contributed by atoms with Crippen LogP contribution in [0.3, 0.4) is 0 Å². The summed E-state index contributed by atoms with van der Waals surface area (Å²) in [6, 6.07) is 19.8. The van der Waals surface area contributed by atoms with Crippen LogP contribution in [0, 0.1) is 6.92 Å². The number of methoxy groups -OCH3 is 3. The standard InChI is InChI=1S/C26H26N2O4S/c1-17-10-8-9-13-19(17)16-33-26-27-22-20(14-21(30-2)23(31-3)24(22)32-4)25(29)28(26)15-18-11-6-5-7-12-18/h5-14H,15-16H2,1-4H3. The highest BCUT2D eigenvalue weighted by Gasteiger charge is 2.22. The third kappa shape index (κ3) is 4.54. The first-order valence-electron chi connectivity index (χ1n) is 10.5. The fraction of sp³-hybridized carbons (Fsp3) is 0.231. The van der Waals surface area contributed by atoms with Crippen molar-refractivity contribution < 1.29 is 14.2 Å². The predicted molar refractivity (Wildman–Crippen MR) is 132 cm³/mol. The molecule has 0 saturated carbocycles. The average molecular weight is 463 g/mol. The normalized spacial score (nSPS) is 10.9. The van der Waals surface area contributed by atoms with E-state index < -0.39 is 0 Å². The van der Waals surface area contributed by atoms with Crippen molar-refractivity contribution in [3.8, 4) is 17.2 Å². The minimum absolute atomic E-state index is 0.157. The van der Waals surface area contributed by atoms with E-state index in [1.807, 2.05) is 42.5 Å². The van der Waals surface area contributed by atoms with Crippen LogP contribution in [0.15, 0.2) is 70.6 Å². The topological polar surface area (TPSA) is 62.6 Å². The number of fused-ring (bicyclic) bond motifs is 1. The van der Waals surface area contributed by atoms with Gasteiger partial charge < -0.3 is 14.2 Å². The second-order valence-corrected chi connectivity index (χ2v) is 8.47. The summed E-state index contributed by atoms with van der Waals surface area (Å²) in [5.74, 6) is 1.91. The highest BCUT2D eigenvalue weighted by Crippen LogP contribution is 2.42. The molecule has 0 amide bonds. The quantitative estimate of drug-likeness (QED) is 0.269. The van der Waals surface area contributed by atoms with Crippen LogP contribution in [-0.4, -0.2) is 30.9 Å². The van der Waals surface area contributed by atoms with Gasteiger partial charge in [-0.1, -0.05) is 66.4 Å². The maximum absolute atomic E-state index is 13.7. The van der Waals surface area contributed by atoms with Crippen molar-refractivity contribution in [2.45, 2.75) is 24.4 Å². The zero-order valence-electron chi connectivity index (χ0n) is 19.1. The number of ether oxygens (including phenoxy) is 3. The lowest BCUT2D eigenvalue weighted by Gasteiger charge is -2.17. The summed E-state index contributed by atoms with van der Waals surface area (Å²) in [4.78, 5) is 18.6. The molecule has 3 aromatic carbocycles. The van der Waals surface area contributed by atoms with E-state index in [-0.39, 0.29) is 5.56 Å². The predicted octanol–water partition coefficient (Wildman–Crippen LogP) is 5.07. The Morgan fingerprint density at radius 3 is 2.27 bits per heavy atom. The Balaban J connectivity index is 1.91. The van der Waals surface area contributed by atoms with Crippen molar-refractivity contribution in [2.24, 2.45) is 0 Å². The summed E-state index contributed by atoms with van der Waals surface area (Å²) in [6.07, 6.45) is 0. The van der Waals surface area contributed by atoms with Crippen LogP contribution in [0.5, 0.6) is 17.2 Å². The van der Waals surface area contributed by atoms with Crippen LogP contribution in [0.1, 0.15) is 16.7 Å². The number of hydrogen-bond donors (Lipinski definition) is 0. The largest absolute Gasteiger partial charge is 0.493 e. The van der Waals surface area contributed by atoms with Crippen molar-refractivity contribution in [1.82, 2.24) is 9.55 Å². The minimum Gasteiger partial charge on any atom is -0.493 e. The molecule has 1 heterocycles. The van der Waals surface area contributed by atoms with Crippen LogP contribution >= 0.6 is 11.8 Å². The first kappa shape index (κ1) is 22.7. The third-order valence-electron chi connectivity index (χ3n) is 5.52. The Hall–Kier alpha value is -3.45. The van der Waals surface area contributed by atoms with Crippen LogP contribution in [0.25, 0.3) is 10.9 Å². The Kier molecular flexibility index (Phi) is 6.89. The van der Waals surface area contributed by atoms with Gasteiger partial charge in [0.05, 0.1) is 33.3 Å². The fourth-order valence-electron chi connectivity index (χ4n) is 3.73. The maximum Gasteiger partial charge on any atom is 0.262 e. The summed E-state index contributed by atoms with van der Waals surface area (Å²) >= 11 is 1.53. The summed E-state index contributed by atoms with van der Waals surface area (Å²) in [7, 11) is 4.61. The van der Waals surface area contributed by atoms with E-state index in [1.165, 1.54) is 44.2 Å². The number of aromatic nitrogens is 2. The van der Waals surface area contributed by atoms with E-state index in [9.17, 15) is 4.79 Å². The Morgan fingerprint density at radius 1 is 0.909 bits per heavy atom. The van der Waals surface area contributed by atoms with E-state index >= 15 is 0 Å². The monoisotopic (exact) mass is 462 g/mol. The fourth-order valence-corrected chi connectivity index (χ4v) is 4.80. The molecule has 4 rings (SSSR count). The molecule has 0 spiro atoms. The third-order valence-corrected chi connectivity index (χ3v) is 6.54. The lowest BCUT2D eigenvalue weighted by Crippen LogP contribution is -2.24. The molecule has 7 heteroatoms. The molecule has 0 unspecified atom stereocenters. The first-order valence-corrected chi connectivity index (χ1v) is 11.5. The van der Waals surface area contributed by atoms with Crippen LogP contribution in [0.2, 0.25) is 0 Å². The van der Waals surface area contributed by atoms with Crippen molar-refractivity contribution in [3.05, 3.63) is 87.7 Å². The van der Waals surface area contributed by atoms with Crippen molar-refractivity contribution in [2.75, 3.05) is 21.3 Å². The van der Waals surface area contributed by atoms with E-state index in [0.29, 0.717) is 45.6 Å². The number of nitrogens with zero attached hydrogens (tertiary/aromatic N) is 2. The Labute approximate surface area is 197 Å². The molecule has 0 atom stereocenters. The first-order chi connectivity index (χ1) is 16.1. The summed E-state index contributed by atoms with van der Waals surface area (Å²) in [5.41, 5.74) is 3.71. The maximum atomic E-state index is 13.7. The second kappa shape index (κ2) is 10.0. The molecule has 0 aliphatic heterocycles. The van der Waals surface area contributed by atoms with Gasteiger partial charge in [0.15, 0.2) is 16.7 Å². The molecular formula is C26H26N2O4S. The van der Waals surface area contributed by atoms with Gasteiger partial charge in [-0.25, -0.2) is 4.98 Å². The van der Waals surface area contributed by atoms with Gasteiger partial charge in [-0.2, -0.15) is 0 Å². The molecular weight excluding hydrogens is 436 g/mol. The number of benzene rings is 3. The van der Waals surface area contributed by atoms with E-state index in [1.54, 1.807) is 10.6 Å². The van der Waals surface area contributed by atoms with Crippen LogP contribution < -0.4 is 19.8 Å². The lowest BCUT2D eigenvalue weighted by molar-refractivity contribution is 0.326. The number of aryl methyl sites for hydroxylation is 1. The lowest BCUT2D eigenvalue weighted by atomic mass is 10.1. The smallest absolute Gasteiger partial charge is 0.262 e. The van der Waals surface area contributed by atoms with E-state index in [0.717, 1.165) is 5.56 Å². The minimum atomic E-state index is -0.157. The molecule has 170 valence electrons. The van der Waals surface area contributed by atoms with Gasteiger partial charge in [-0.05, 0) is 29.7 Å². The molecule has 1 aromatic heterocycles. The zero-order chi connectivity index (χ0) is 23.4. The van der Waals surface area contributed by atoms with Gasteiger partial charge in [-0.3, -0.25) is 9.36 Å². The van der Waals surface area contributed by atoms with Crippen LogP contribution in [0.4, 0.5) is 0 Å². The SMILES string of the molecule is COc1cc2c(=O)n(Cc3ccccc3)c(SCc3ccccc3C)nc2c(OC)c1OC. The van der Waals surface area contributed by atoms with Gasteiger partial charge in [0.25, 0.3) is 5.56 Å². The van der Waals surface area contributed by atoms with E-state index in [2.05, 4.69) is 19.1 Å². The number of thioether (sulfide) groups is 1. The van der Waals surface area contributed by atoms with Gasteiger partial charge in [-0.15, -0.1) is 0 Å². The molecule has 0 aliphatic carbocycles. The van der Waals surface area contributed by atoms with Gasteiger partial charge in [0, 0.05) is 5.75 Å². The molecule has 33 heavy (non-hydrogen) atoms. The molecule has 0 bridgehead atoms. The van der Waals surface area contributed by atoms with Crippen molar-refractivity contribution >= 4 is 22.7 Å². The van der Waals surface area contributed by atoms with Crippen molar-refractivity contribution in [3.63, 3.8) is 0 Å². The summed E-state index contributed by atoms with van der Waals surface area (Å²) in [5, 5.41) is 1.03. The second-order valence-electron chi connectivity index (χ2n) is 7.53. The molecule has 0 aliphatic rings. The van der Waals surface area contributed by atoms with Gasteiger partial charge >= 0.3 is 0 Å². The van der Waals surface area contributed by atoms with Gasteiger partial charge in [0.2, 0.25) is 5.75 Å². The molecule has 0 radical (unpaired) electrons. The highest BCUT2D eigenvalue weighted by molar-refractivity contribution is 7.98. The average Bonchev–Trinajstić information content (AvgIpc) is 2.85. The van der Waals surface area contributed by atoms with E-state index in [4.69, 9.17) is 19.2 Å². The van der Waals surface area contributed by atoms with Crippen molar-refractivity contribution in [1.29, 1.82) is 0 Å². The Bertz CT molecular complexity index is 1340. The molecule has 6 nitrogen and oxygen atoms in total. The molecule has 0 fully saturated rings. The van der Waals surface area contributed by atoms with Crippen LogP contribution in [-0.2, 0) is 12.3 Å². The molecule has 0 N–H and O–H groups in total. The Morgan fingerprint density at radius 2 is 1.61 bits per heavy atom. The molecule has 4 aromatic rings. The summed E-state index contributed by atoms with van der Waals surface area (Å²) < 4.78 is 18.3. The van der Waals surface area contributed by atoms with Gasteiger partial charge in [0.1, 0.15) is 5.52 Å².